The van der Waals surface area contributed by atoms with Gasteiger partial charge in [0.2, 0.25) is 0 Å². The molecule has 0 fully saturated rings. The number of para-hydroxylation sites is 2. The van der Waals surface area contributed by atoms with Crippen LogP contribution in [0.3, 0.4) is 0 Å². The van der Waals surface area contributed by atoms with Gasteiger partial charge in [-0.1, -0.05) is 60.7 Å². The van der Waals surface area contributed by atoms with E-state index in [2.05, 4.69) is 96.0 Å². The summed E-state index contributed by atoms with van der Waals surface area (Å²) in [7, 11) is 4.38. The highest BCUT2D eigenvalue weighted by Crippen LogP contribution is 2.43. The van der Waals surface area contributed by atoms with Gasteiger partial charge in [-0.25, -0.2) is 0 Å². The molecule has 0 radical (unpaired) electrons. The summed E-state index contributed by atoms with van der Waals surface area (Å²) in [6.45, 7) is 0. The first kappa shape index (κ1) is 14.0. The predicted octanol–water partition coefficient (Wildman–Crippen LogP) is 6.13. The molecule has 0 bridgehead atoms. The standard InChI is InChI=1S/C24H18N2/c1-25-20-14-8-6-12-18(20)22-23(25)16-10-4-3-9-15(16)21-17-11-5-7-13-19(17)26(2)24(21)22/h3-14H,1-2H3. The van der Waals surface area contributed by atoms with Gasteiger partial charge in [-0.3, -0.25) is 0 Å². The third-order valence-electron chi connectivity index (χ3n) is 5.90. The number of rotatable bonds is 0. The molecule has 26 heavy (non-hydrogen) atoms. The largest absolute Gasteiger partial charge is 0.343 e. The Morgan fingerprint density at radius 1 is 0.462 bits per heavy atom. The summed E-state index contributed by atoms with van der Waals surface area (Å²) in [5.41, 5.74) is 5.22. The van der Waals surface area contributed by atoms with Gasteiger partial charge in [0.25, 0.3) is 0 Å². The van der Waals surface area contributed by atoms with Crippen molar-refractivity contribution in [2.45, 2.75) is 0 Å². The lowest BCUT2D eigenvalue weighted by molar-refractivity contribution is 1.01. The van der Waals surface area contributed by atoms with Crippen LogP contribution in [0.25, 0.3) is 54.4 Å². The van der Waals surface area contributed by atoms with E-state index in [4.69, 9.17) is 0 Å². The molecule has 0 saturated carbocycles. The van der Waals surface area contributed by atoms with Crippen molar-refractivity contribution in [3.05, 3.63) is 72.8 Å². The SMILES string of the molecule is Cn1c2ccccc2c2c1c1ccccc1c1c3ccccc3n(C)c12. The van der Waals surface area contributed by atoms with E-state index in [1.54, 1.807) is 0 Å². The normalized spacial score (nSPS) is 12.2. The summed E-state index contributed by atoms with van der Waals surface area (Å²) in [6, 6.07) is 26.3. The van der Waals surface area contributed by atoms with E-state index in [0.717, 1.165) is 0 Å². The van der Waals surface area contributed by atoms with Crippen molar-refractivity contribution in [3.8, 4) is 0 Å². The van der Waals surface area contributed by atoms with Crippen LogP contribution in [0, 0.1) is 0 Å². The molecule has 6 aromatic rings. The molecule has 0 spiro atoms. The lowest BCUT2D eigenvalue weighted by Gasteiger charge is -2.08. The van der Waals surface area contributed by atoms with Crippen molar-refractivity contribution in [2.24, 2.45) is 14.1 Å². The second kappa shape index (κ2) is 4.67. The molecular formula is C24H18N2. The fourth-order valence-corrected chi connectivity index (χ4v) is 4.81. The summed E-state index contributed by atoms with van der Waals surface area (Å²) in [4.78, 5) is 0. The highest BCUT2D eigenvalue weighted by Gasteiger charge is 2.20. The van der Waals surface area contributed by atoms with Gasteiger partial charge in [0.15, 0.2) is 0 Å². The molecule has 4 aromatic carbocycles. The topological polar surface area (TPSA) is 9.86 Å². The maximum atomic E-state index is 2.37. The molecule has 124 valence electrons. The lowest BCUT2D eigenvalue weighted by Crippen LogP contribution is -1.90. The predicted molar refractivity (Wildman–Crippen MR) is 112 cm³/mol. The van der Waals surface area contributed by atoms with Crippen LogP contribution in [0.5, 0.6) is 0 Å². The van der Waals surface area contributed by atoms with E-state index in [1.807, 2.05) is 0 Å². The molecule has 2 aromatic heterocycles. The van der Waals surface area contributed by atoms with E-state index in [1.165, 1.54) is 54.4 Å². The van der Waals surface area contributed by atoms with Crippen LogP contribution in [-0.2, 0) is 14.1 Å². The molecule has 0 aliphatic rings. The maximum Gasteiger partial charge on any atom is 0.0596 e. The Balaban J connectivity index is 2.13. The summed E-state index contributed by atoms with van der Waals surface area (Å²) in [6.07, 6.45) is 0. The minimum atomic E-state index is 1.28. The highest BCUT2D eigenvalue weighted by atomic mass is 15.0. The fourth-order valence-electron chi connectivity index (χ4n) is 4.81. The first-order chi connectivity index (χ1) is 12.8. The number of fused-ring (bicyclic) bond motifs is 10. The van der Waals surface area contributed by atoms with Crippen molar-refractivity contribution in [3.63, 3.8) is 0 Å². The lowest BCUT2D eigenvalue weighted by atomic mass is 9.99. The fraction of sp³-hybridized carbons (Fsp3) is 0.0833. The van der Waals surface area contributed by atoms with E-state index in [-0.39, 0.29) is 0 Å². The molecule has 0 aliphatic heterocycles. The molecule has 0 saturated heterocycles. The van der Waals surface area contributed by atoms with Crippen LogP contribution in [0.2, 0.25) is 0 Å². The van der Waals surface area contributed by atoms with Crippen molar-refractivity contribution in [1.29, 1.82) is 0 Å². The molecule has 0 unspecified atom stereocenters. The zero-order chi connectivity index (χ0) is 17.4. The van der Waals surface area contributed by atoms with Gasteiger partial charge in [-0.05, 0) is 17.5 Å². The van der Waals surface area contributed by atoms with Gasteiger partial charge in [-0.15, -0.1) is 0 Å². The maximum absolute atomic E-state index is 2.37. The van der Waals surface area contributed by atoms with Crippen molar-refractivity contribution < 1.29 is 0 Å². The molecule has 0 aliphatic carbocycles. The zero-order valence-corrected chi connectivity index (χ0v) is 14.8. The van der Waals surface area contributed by atoms with E-state index in [0.29, 0.717) is 0 Å². The molecule has 0 atom stereocenters. The van der Waals surface area contributed by atoms with Crippen LogP contribution in [-0.4, -0.2) is 9.13 Å². The van der Waals surface area contributed by atoms with Crippen LogP contribution < -0.4 is 0 Å². The van der Waals surface area contributed by atoms with Crippen molar-refractivity contribution in [1.82, 2.24) is 9.13 Å². The second-order valence-corrected chi connectivity index (χ2v) is 7.15. The van der Waals surface area contributed by atoms with Gasteiger partial charge in [0.05, 0.1) is 11.0 Å². The highest BCUT2D eigenvalue weighted by molar-refractivity contribution is 6.35. The average Bonchev–Trinajstić information content (AvgIpc) is 3.16. The van der Waals surface area contributed by atoms with Crippen LogP contribution in [0.4, 0.5) is 0 Å². The number of aromatic nitrogens is 2. The number of aryl methyl sites for hydroxylation is 2. The summed E-state index contributed by atoms with van der Waals surface area (Å²) < 4.78 is 4.72. The van der Waals surface area contributed by atoms with Crippen molar-refractivity contribution >= 4 is 54.4 Å². The third kappa shape index (κ3) is 1.49. The van der Waals surface area contributed by atoms with Crippen molar-refractivity contribution in [2.75, 3.05) is 0 Å². The summed E-state index contributed by atoms with van der Waals surface area (Å²) in [5, 5.41) is 8.03. The molecule has 0 amide bonds. The summed E-state index contributed by atoms with van der Waals surface area (Å²) >= 11 is 0. The molecule has 2 nitrogen and oxygen atoms in total. The Kier molecular flexibility index (Phi) is 2.51. The minimum Gasteiger partial charge on any atom is -0.343 e. The number of benzene rings is 4. The van der Waals surface area contributed by atoms with E-state index in [9.17, 15) is 0 Å². The molecule has 2 heterocycles. The zero-order valence-electron chi connectivity index (χ0n) is 14.8. The average molecular weight is 334 g/mol. The number of hydrogen-bond acceptors (Lipinski definition) is 0. The van der Waals surface area contributed by atoms with Gasteiger partial charge in [0.1, 0.15) is 0 Å². The Morgan fingerprint density at radius 3 is 1.58 bits per heavy atom. The van der Waals surface area contributed by atoms with Crippen LogP contribution >= 0.6 is 0 Å². The monoisotopic (exact) mass is 334 g/mol. The van der Waals surface area contributed by atoms with Gasteiger partial charge in [-0.2, -0.15) is 0 Å². The number of nitrogens with zero attached hydrogens (tertiary/aromatic N) is 2. The van der Waals surface area contributed by atoms with Crippen LogP contribution in [0.15, 0.2) is 72.8 Å². The number of hydrogen-bond donors (Lipinski definition) is 0. The van der Waals surface area contributed by atoms with E-state index < -0.39 is 0 Å². The van der Waals surface area contributed by atoms with Gasteiger partial charge < -0.3 is 9.13 Å². The van der Waals surface area contributed by atoms with Crippen LogP contribution in [0.1, 0.15) is 0 Å². The smallest absolute Gasteiger partial charge is 0.0596 e. The van der Waals surface area contributed by atoms with Gasteiger partial charge in [0, 0.05) is 52.1 Å². The molecule has 2 heteroatoms. The Morgan fingerprint density at radius 2 is 0.923 bits per heavy atom. The molecular weight excluding hydrogens is 316 g/mol. The molecule has 0 N–H and O–H groups in total. The van der Waals surface area contributed by atoms with Gasteiger partial charge >= 0.3 is 0 Å². The van der Waals surface area contributed by atoms with E-state index >= 15 is 0 Å². The Bertz CT molecular complexity index is 1500. The first-order valence-electron chi connectivity index (χ1n) is 9.02. The Hall–Kier alpha value is -3.26. The molecule has 6 rings (SSSR count). The first-order valence-corrected chi connectivity index (χ1v) is 9.02. The third-order valence-corrected chi connectivity index (χ3v) is 5.90. The summed E-state index contributed by atoms with van der Waals surface area (Å²) in [5.74, 6) is 0. The quantitative estimate of drug-likeness (QED) is 0.316. The minimum absolute atomic E-state index is 1.28. The second-order valence-electron chi connectivity index (χ2n) is 7.15. The Labute approximate surface area is 150 Å².